The van der Waals surface area contributed by atoms with Crippen LogP contribution in [0.1, 0.15) is 39.5 Å². The van der Waals surface area contributed by atoms with Crippen molar-refractivity contribution in [2.75, 3.05) is 11.5 Å². The predicted molar refractivity (Wildman–Crippen MR) is 62.1 cm³/mol. The van der Waals surface area contributed by atoms with Crippen LogP contribution in [0.3, 0.4) is 0 Å². The van der Waals surface area contributed by atoms with Gasteiger partial charge in [0, 0.05) is 11.8 Å². The van der Waals surface area contributed by atoms with Crippen LogP contribution >= 0.6 is 11.8 Å². The molecule has 1 fully saturated rings. The third-order valence-electron chi connectivity index (χ3n) is 2.77. The summed E-state index contributed by atoms with van der Waals surface area (Å²) in [5, 5.41) is 0. The van der Waals surface area contributed by atoms with Crippen LogP contribution in [0.15, 0.2) is 0 Å². The fourth-order valence-corrected chi connectivity index (χ4v) is 3.11. The van der Waals surface area contributed by atoms with Gasteiger partial charge in [-0.2, -0.15) is 11.8 Å². The van der Waals surface area contributed by atoms with E-state index in [2.05, 4.69) is 13.8 Å². The second-order valence-corrected chi connectivity index (χ2v) is 5.71. The average Bonchev–Trinajstić information content (AvgIpc) is 2.55. The number of thioether (sulfide) groups is 1. The average molecular weight is 201 g/mol. The SMILES string of the molecule is CC(C)CSCC(N)C1CCCC1. The smallest absolute Gasteiger partial charge is 0.0158 e. The first-order chi connectivity index (χ1) is 6.20. The van der Waals surface area contributed by atoms with Crippen LogP contribution in [0.25, 0.3) is 0 Å². The van der Waals surface area contributed by atoms with Gasteiger partial charge in [0.05, 0.1) is 0 Å². The van der Waals surface area contributed by atoms with Crippen molar-refractivity contribution < 1.29 is 0 Å². The molecule has 1 aliphatic carbocycles. The molecule has 0 amide bonds. The van der Waals surface area contributed by atoms with Gasteiger partial charge in [0.25, 0.3) is 0 Å². The second-order valence-electron chi connectivity index (χ2n) is 4.64. The van der Waals surface area contributed by atoms with E-state index in [0.717, 1.165) is 11.8 Å². The maximum Gasteiger partial charge on any atom is 0.0158 e. The van der Waals surface area contributed by atoms with Gasteiger partial charge >= 0.3 is 0 Å². The van der Waals surface area contributed by atoms with Crippen LogP contribution in [0, 0.1) is 11.8 Å². The summed E-state index contributed by atoms with van der Waals surface area (Å²) >= 11 is 2.03. The highest BCUT2D eigenvalue weighted by atomic mass is 32.2. The summed E-state index contributed by atoms with van der Waals surface area (Å²) in [6, 6.07) is 0.464. The van der Waals surface area contributed by atoms with E-state index in [4.69, 9.17) is 5.73 Å². The fourth-order valence-electron chi connectivity index (χ4n) is 1.96. The van der Waals surface area contributed by atoms with Gasteiger partial charge in [-0.05, 0) is 30.4 Å². The molecule has 78 valence electrons. The number of hydrogen-bond donors (Lipinski definition) is 1. The fraction of sp³-hybridized carbons (Fsp3) is 1.00. The molecular weight excluding hydrogens is 178 g/mol. The molecule has 1 rings (SSSR count). The van der Waals surface area contributed by atoms with E-state index in [9.17, 15) is 0 Å². The van der Waals surface area contributed by atoms with Crippen molar-refractivity contribution in [3.8, 4) is 0 Å². The summed E-state index contributed by atoms with van der Waals surface area (Å²) in [5.74, 6) is 4.07. The molecule has 0 radical (unpaired) electrons. The molecule has 0 spiro atoms. The molecule has 0 bridgehead atoms. The molecule has 1 saturated carbocycles. The maximum absolute atomic E-state index is 6.14. The van der Waals surface area contributed by atoms with Gasteiger partial charge < -0.3 is 5.73 Å². The minimum atomic E-state index is 0.464. The Balaban J connectivity index is 2.06. The van der Waals surface area contributed by atoms with Crippen molar-refractivity contribution in [2.45, 2.75) is 45.6 Å². The van der Waals surface area contributed by atoms with Crippen LogP contribution in [0.5, 0.6) is 0 Å². The van der Waals surface area contributed by atoms with Gasteiger partial charge in [-0.1, -0.05) is 26.7 Å². The van der Waals surface area contributed by atoms with E-state index in [1.165, 1.54) is 37.2 Å². The molecule has 0 aromatic carbocycles. The van der Waals surface area contributed by atoms with Crippen LogP contribution in [-0.2, 0) is 0 Å². The van der Waals surface area contributed by atoms with Crippen molar-refractivity contribution in [3.63, 3.8) is 0 Å². The van der Waals surface area contributed by atoms with Crippen molar-refractivity contribution in [2.24, 2.45) is 17.6 Å². The zero-order valence-corrected chi connectivity index (χ0v) is 9.78. The molecule has 1 aliphatic rings. The third-order valence-corrected chi connectivity index (χ3v) is 4.29. The number of hydrogen-bond acceptors (Lipinski definition) is 2. The minimum absolute atomic E-state index is 0.464. The third kappa shape index (κ3) is 4.37. The zero-order valence-electron chi connectivity index (χ0n) is 8.96. The summed E-state index contributed by atoms with van der Waals surface area (Å²) < 4.78 is 0. The first-order valence-electron chi connectivity index (χ1n) is 5.53. The molecule has 0 aromatic rings. The van der Waals surface area contributed by atoms with Crippen molar-refractivity contribution in [1.29, 1.82) is 0 Å². The Hall–Kier alpha value is 0.310. The van der Waals surface area contributed by atoms with Crippen molar-refractivity contribution in [3.05, 3.63) is 0 Å². The van der Waals surface area contributed by atoms with E-state index in [1.807, 2.05) is 11.8 Å². The lowest BCUT2D eigenvalue weighted by Crippen LogP contribution is -2.31. The lowest BCUT2D eigenvalue weighted by molar-refractivity contribution is 0.463. The molecule has 0 aliphatic heterocycles. The van der Waals surface area contributed by atoms with Gasteiger partial charge in [0.2, 0.25) is 0 Å². The van der Waals surface area contributed by atoms with Crippen LogP contribution in [0.2, 0.25) is 0 Å². The summed E-state index contributed by atoms with van der Waals surface area (Å²) in [6.45, 7) is 4.54. The largest absolute Gasteiger partial charge is 0.327 e. The Morgan fingerprint density at radius 1 is 1.23 bits per heavy atom. The Bertz CT molecular complexity index is 130. The van der Waals surface area contributed by atoms with E-state index >= 15 is 0 Å². The minimum Gasteiger partial charge on any atom is -0.327 e. The van der Waals surface area contributed by atoms with Gasteiger partial charge in [-0.15, -0.1) is 0 Å². The molecule has 0 heterocycles. The van der Waals surface area contributed by atoms with E-state index in [-0.39, 0.29) is 0 Å². The van der Waals surface area contributed by atoms with Gasteiger partial charge in [-0.3, -0.25) is 0 Å². The zero-order chi connectivity index (χ0) is 9.68. The quantitative estimate of drug-likeness (QED) is 0.740. The number of rotatable bonds is 5. The Morgan fingerprint density at radius 2 is 1.85 bits per heavy atom. The molecule has 2 N–H and O–H groups in total. The van der Waals surface area contributed by atoms with Gasteiger partial charge in [0.15, 0.2) is 0 Å². The summed E-state index contributed by atoms with van der Waals surface area (Å²) in [5.41, 5.74) is 6.14. The monoisotopic (exact) mass is 201 g/mol. The Labute approximate surface area is 86.8 Å². The molecule has 1 unspecified atom stereocenters. The normalized spacial score (nSPS) is 21.2. The van der Waals surface area contributed by atoms with Gasteiger partial charge in [0.1, 0.15) is 0 Å². The lowest BCUT2D eigenvalue weighted by Gasteiger charge is -2.18. The summed E-state index contributed by atoms with van der Waals surface area (Å²) in [4.78, 5) is 0. The van der Waals surface area contributed by atoms with E-state index < -0.39 is 0 Å². The maximum atomic E-state index is 6.14. The molecule has 0 saturated heterocycles. The summed E-state index contributed by atoms with van der Waals surface area (Å²) in [6.07, 6.45) is 5.58. The lowest BCUT2D eigenvalue weighted by atomic mass is 10.0. The predicted octanol–water partition coefficient (Wildman–Crippen LogP) is 2.89. The topological polar surface area (TPSA) is 26.0 Å². The second kappa shape index (κ2) is 5.92. The molecule has 0 aromatic heterocycles. The van der Waals surface area contributed by atoms with Crippen LogP contribution in [0.4, 0.5) is 0 Å². The Kier molecular flexibility index (Phi) is 5.18. The van der Waals surface area contributed by atoms with Gasteiger partial charge in [-0.25, -0.2) is 0 Å². The van der Waals surface area contributed by atoms with E-state index in [0.29, 0.717) is 6.04 Å². The molecule has 13 heavy (non-hydrogen) atoms. The highest BCUT2D eigenvalue weighted by molar-refractivity contribution is 7.99. The number of nitrogens with two attached hydrogens (primary N) is 1. The van der Waals surface area contributed by atoms with Crippen LogP contribution < -0.4 is 5.73 Å². The molecule has 1 nitrogen and oxygen atoms in total. The van der Waals surface area contributed by atoms with Crippen LogP contribution in [-0.4, -0.2) is 17.5 Å². The summed E-state index contributed by atoms with van der Waals surface area (Å²) in [7, 11) is 0. The standard InChI is InChI=1S/C11H23NS/c1-9(2)7-13-8-11(12)10-5-3-4-6-10/h9-11H,3-8,12H2,1-2H3. The first-order valence-corrected chi connectivity index (χ1v) is 6.69. The van der Waals surface area contributed by atoms with E-state index in [1.54, 1.807) is 0 Å². The molecule has 2 heteroatoms. The van der Waals surface area contributed by atoms with Crippen molar-refractivity contribution in [1.82, 2.24) is 0 Å². The molecule has 1 atom stereocenters. The highest BCUT2D eigenvalue weighted by Gasteiger charge is 2.21. The molecular formula is C11H23NS. The highest BCUT2D eigenvalue weighted by Crippen LogP contribution is 2.28. The first kappa shape index (κ1) is 11.4. The van der Waals surface area contributed by atoms with Crippen molar-refractivity contribution >= 4 is 11.8 Å². The Morgan fingerprint density at radius 3 is 2.38 bits per heavy atom.